The van der Waals surface area contributed by atoms with Gasteiger partial charge in [-0.15, -0.1) is 0 Å². The fraction of sp³-hybridized carbons (Fsp3) is 0.294. The molecule has 2 aromatic carbocycles. The molecule has 0 heterocycles. The Morgan fingerprint density at radius 1 is 1.10 bits per heavy atom. The maximum Gasteiger partial charge on any atom is 0.0406 e. The lowest BCUT2D eigenvalue weighted by Crippen LogP contribution is -2.24. The summed E-state index contributed by atoms with van der Waals surface area (Å²) in [7, 11) is 0. The van der Waals surface area contributed by atoms with E-state index in [1.807, 2.05) is 18.2 Å². The fourth-order valence-corrected chi connectivity index (χ4v) is 2.91. The van der Waals surface area contributed by atoms with Crippen LogP contribution in [0.25, 0.3) is 0 Å². The summed E-state index contributed by atoms with van der Waals surface area (Å²) in [6, 6.07) is 16.8. The van der Waals surface area contributed by atoms with Gasteiger partial charge in [0.05, 0.1) is 0 Å². The molecule has 0 amide bonds. The first-order valence-corrected chi connectivity index (χ1v) is 8.10. The standard InChI is InChI=1S/C17H19BrClN/c1-2-11-20-17(15-5-3-4-6-16(15)18)12-13-7-9-14(19)10-8-13/h3-10,17,20H,2,11-12H2,1H3. The molecule has 0 bridgehead atoms. The summed E-state index contributed by atoms with van der Waals surface area (Å²) in [6.07, 6.45) is 2.08. The lowest BCUT2D eigenvalue weighted by atomic mass is 9.99. The van der Waals surface area contributed by atoms with Crippen molar-refractivity contribution in [2.45, 2.75) is 25.8 Å². The molecule has 2 aromatic rings. The molecule has 0 aliphatic carbocycles. The second-order valence-corrected chi connectivity index (χ2v) is 6.15. The monoisotopic (exact) mass is 351 g/mol. The third kappa shape index (κ3) is 4.34. The molecule has 3 heteroatoms. The molecule has 1 N–H and O–H groups in total. The van der Waals surface area contributed by atoms with E-state index in [1.165, 1.54) is 11.1 Å². The molecule has 0 spiro atoms. The normalized spacial score (nSPS) is 12.3. The van der Waals surface area contributed by atoms with Crippen molar-refractivity contribution in [2.24, 2.45) is 0 Å². The molecule has 1 unspecified atom stereocenters. The molecule has 0 saturated heterocycles. The SMILES string of the molecule is CCCNC(Cc1ccc(Cl)cc1)c1ccccc1Br. The molecule has 1 nitrogen and oxygen atoms in total. The highest BCUT2D eigenvalue weighted by Gasteiger charge is 2.14. The van der Waals surface area contributed by atoms with E-state index in [1.54, 1.807) is 0 Å². The van der Waals surface area contributed by atoms with E-state index in [0.29, 0.717) is 6.04 Å². The molecule has 2 rings (SSSR count). The number of halogens is 2. The third-order valence-corrected chi connectivity index (χ3v) is 4.25. The van der Waals surface area contributed by atoms with Gasteiger partial charge in [0, 0.05) is 15.5 Å². The van der Waals surface area contributed by atoms with Gasteiger partial charge in [-0.3, -0.25) is 0 Å². The minimum Gasteiger partial charge on any atom is -0.310 e. The smallest absolute Gasteiger partial charge is 0.0406 e. The van der Waals surface area contributed by atoms with Crippen LogP contribution in [0.5, 0.6) is 0 Å². The van der Waals surface area contributed by atoms with Gasteiger partial charge in [-0.1, -0.05) is 64.8 Å². The molecule has 0 fully saturated rings. The van der Waals surface area contributed by atoms with Gasteiger partial charge < -0.3 is 5.32 Å². The molecule has 0 aliphatic rings. The van der Waals surface area contributed by atoms with Crippen LogP contribution in [0, 0.1) is 0 Å². The largest absolute Gasteiger partial charge is 0.310 e. The number of benzene rings is 2. The Hall–Kier alpha value is -0.830. The van der Waals surface area contributed by atoms with Crippen molar-refractivity contribution < 1.29 is 0 Å². The first-order valence-electron chi connectivity index (χ1n) is 6.93. The molecule has 20 heavy (non-hydrogen) atoms. The van der Waals surface area contributed by atoms with E-state index in [2.05, 4.69) is 58.5 Å². The summed E-state index contributed by atoms with van der Waals surface area (Å²) >= 11 is 9.60. The van der Waals surface area contributed by atoms with Gasteiger partial charge in [-0.05, 0) is 48.7 Å². The van der Waals surface area contributed by atoms with Crippen molar-refractivity contribution in [2.75, 3.05) is 6.54 Å². The summed E-state index contributed by atoms with van der Waals surface area (Å²) in [5.74, 6) is 0. The van der Waals surface area contributed by atoms with Gasteiger partial charge in [0.15, 0.2) is 0 Å². The van der Waals surface area contributed by atoms with Gasteiger partial charge >= 0.3 is 0 Å². The first-order chi connectivity index (χ1) is 9.70. The number of rotatable bonds is 6. The second-order valence-electron chi connectivity index (χ2n) is 4.86. The Bertz CT molecular complexity index is 539. The van der Waals surface area contributed by atoms with Crippen LogP contribution in [0.15, 0.2) is 53.0 Å². The molecule has 0 aliphatic heterocycles. The maximum atomic E-state index is 5.95. The highest BCUT2D eigenvalue weighted by atomic mass is 79.9. The summed E-state index contributed by atoms with van der Waals surface area (Å²) in [5, 5.41) is 4.41. The Balaban J connectivity index is 2.19. The van der Waals surface area contributed by atoms with Gasteiger partial charge in [0.25, 0.3) is 0 Å². The van der Waals surface area contributed by atoms with Crippen LogP contribution < -0.4 is 5.32 Å². The Morgan fingerprint density at radius 3 is 2.45 bits per heavy atom. The summed E-state index contributed by atoms with van der Waals surface area (Å²) in [4.78, 5) is 0. The van der Waals surface area contributed by atoms with Crippen molar-refractivity contribution in [1.82, 2.24) is 5.32 Å². The van der Waals surface area contributed by atoms with Crippen molar-refractivity contribution in [3.63, 3.8) is 0 Å². The second kappa shape index (κ2) is 7.82. The van der Waals surface area contributed by atoms with Crippen molar-refractivity contribution in [3.05, 3.63) is 69.2 Å². The lowest BCUT2D eigenvalue weighted by Gasteiger charge is -2.20. The van der Waals surface area contributed by atoms with Crippen LogP contribution in [-0.4, -0.2) is 6.54 Å². The summed E-state index contributed by atoms with van der Waals surface area (Å²) < 4.78 is 1.16. The van der Waals surface area contributed by atoms with E-state index >= 15 is 0 Å². The Kier molecular flexibility index (Phi) is 6.08. The van der Waals surface area contributed by atoms with Crippen molar-refractivity contribution in [3.8, 4) is 0 Å². The molecule has 106 valence electrons. The quantitative estimate of drug-likeness (QED) is 0.735. The molecule has 1 atom stereocenters. The molecular weight excluding hydrogens is 334 g/mol. The number of hydrogen-bond acceptors (Lipinski definition) is 1. The highest BCUT2D eigenvalue weighted by Crippen LogP contribution is 2.26. The molecular formula is C17H19BrClN. The fourth-order valence-electron chi connectivity index (χ4n) is 2.22. The van der Waals surface area contributed by atoms with Crippen LogP contribution in [-0.2, 0) is 6.42 Å². The summed E-state index contributed by atoms with van der Waals surface area (Å²) in [5.41, 5.74) is 2.59. The predicted octanol–water partition coefficient (Wildman–Crippen LogP) is 5.39. The summed E-state index contributed by atoms with van der Waals surface area (Å²) in [6.45, 7) is 3.20. The number of nitrogens with one attached hydrogen (secondary N) is 1. The van der Waals surface area contributed by atoms with Gasteiger partial charge in [-0.25, -0.2) is 0 Å². The van der Waals surface area contributed by atoms with Crippen LogP contribution in [0.3, 0.4) is 0 Å². The van der Waals surface area contributed by atoms with Crippen LogP contribution in [0.1, 0.15) is 30.5 Å². The van der Waals surface area contributed by atoms with Crippen LogP contribution >= 0.6 is 27.5 Å². The van der Waals surface area contributed by atoms with Crippen molar-refractivity contribution in [1.29, 1.82) is 0 Å². The average molecular weight is 353 g/mol. The zero-order chi connectivity index (χ0) is 14.4. The maximum absolute atomic E-state index is 5.95. The topological polar surface area (TPSA) is 12.0 Å². The zero-order valence-electron chi connectivity index (χ0n) is 11.6. The number of hydrogen-bond donors (Lipinski definition) is 1. The predicted molar refractivity (Wildman–Crippen MR) is 90.3 cm³/mol. The van der Waals surface area contributed by atoms with Crippen LogP contribution in [0.2, 0.25) is 5.02 Å². The Labute approximate surface area is 134 Å². The molecule has 0 saturated carbocycles. The Morgan fingerprint density at radius 2 is 1.80 bits per heavy atom. The van der Waals surface area contributed by atoms with E-state index in [4.69, 9.17) is 11.6 Å². The lowest BCUT2D eigenvalue weighted by molar-refractivity contribution is 0.527. The first kappa shape index (κ1) is 15.6. The zero-order valence-corrected chi connectivity index (χ0v) is 13.9. The van der Waals surface area contributed by atoms with Crippen molar-refractivity contribution >= 4 is 27.5 Å². The third-order valence-electron chi connectivity index (χ3n) is 3.27. The van der Waals surface area contributed by atoms with E-state index < -0.39 is 0 Å². The van der Waals surface area contributed by atoms with Gasteiger partial charge in [0.2, 0.25) is 0 Å². The minimum absolute atomic E-state index is 0.312. The minimum atomic E-state index is 0.312. The molecule has 0 radical (unpaired) electrons. The van der Waals surface area contributed by atoms with Gasteiger partial charge in [-0.2, -0.15) is 0 Å². The average Bonchev–Trinajstić information content (AvgIpc) is 2.46. The van der Waals surface area contributed by atoms with E-state index in [9.17, 15) is 0 Å². The van der Waals surface area contributed by atoms with Gasteiger partial charge in [0.1, 0.15) is 0 Å². The highest BCUT2D eigenvalue weighted by molar-refractivity contribution is 9.10. The van der Waals surface area contributed by atoms with Crippen LogP contribution in [0.4, 0.5) is 0 Å². The molecule has 0 aromatic heterocycles. The van der Waals surface area contributed by atoms with E-state index in [0.717, 1.165) is 28.9 Å². The van der Waals surface area contributed by atoms with E-state index in [-0.39, 0.29) is 0 Å².